The number of anilines is 2. The molecule has 4 rings (SSSR count). The van der Waals surface area contributed by atoms with Crippen LogP contribution in [0.15, 0.2) is 77.2 Å². The van der Waals surface area contributed by atoms with Crippen molar-refractivity contribution >= 4 is 40.1 Å². The van der Waals surface area contributed by atoms with Gasteiger partial charge in [0.1, 0.15) is 5.52 Å². The molecule has 6 heteroatoms. The van der Waals surface area contributed by atoms with Gasteiger partial charge >= 0.3 is 6.03 Å². The number of carbonyl (C=O) groups excluding carboxylic acids is 1. The van der Waals surface area contributed by atoms with Crippen LogP contribution in [0.25, 0.3) is 22.6 Å². The van der Waals surface area contributed by atoms with E-state index in [1.54, 1.807) is 30.3 Å². The number of nitrogens with one attached hydrogen (secondary N) is 2. The molecular formula is C20H14ClN3O2. The van der Waals surface area contributed by atoms with Crippen LogP contribution in [0.1, 0.15) is 0 Å². The minimum atomic E-state index is -0.345. The van der Waals surface area contributed by atoms with Crippen LogP contribution < -0.4 is 10.6 Å². The summed E-state index contributed by atoms with van der Waals surface area (Å²) in [7, 11) is 0. The number of rotatable bonds is 3. The van der Waals surface area contributed by atoms with Crippen molar-refractivity contribution in [3.8, 4) is 11.5 Å². The van der Waals surface area contributed by atoms with E-state index in [2.05, 4.69) is 15.6 Å². The predicted octanol–water partition coefficient (Wildman–Crippen LogP) is 5.79. The van der Waals surface area contributed by atoms with Gasteiger partial charge in [0.25, 0.3) is 0 Å². The summed E-state index contributed by atoms with van der Waals surface area (Å²) < 4.78 is 5.77. The highest BCUT2D eigenvalue weighted by Gasteiger charge is 2.09. The second-order valence-corrected chi connectivity index (χ2v) is 6.09. The maximum absolute atomic E-state index is 12.2. The third-order valence-electron chi connectivity index (χ3n) is 3.76. The van der Waals surface area contributed by atoms with E-state index in [-0.39, 0.29) is 6.03 Å². The molecule has 0 unspecified atom stereocenters. The maximum Gasteiger partial charge on any atom is 0.323 e. The van der Waals surface area contributed by atoms with Gasteiger partial charge in [0, 0.05) is 22.0 Å². The van der Waals surface area contributed by atoms with Crippen molar-refractivity contribution in [1.29, 1.82) is 0 Å². The van der Waals surface area contributed by atoms with Crippen LogP contribution in [0.5, 0.6) is 0 Å². The van der Waals surface area contributed by atoms with Crippen molar-refractivity contribution in [2.45, 2.75) is 0 Å². The first-order valence-corrected chi connectivity index (χ1v) is 8.35. The number of benzene rings is 3. The molecule has 4 aromatic rings. The number of nitrogens with zero attached hydrogens (tertiary/aromatic N) is 1. The van der Waals surface area contributed by atoms with Crippen molar-refractivity contribution in [1.82, 2.24) is 4.98 Å². The van der Waals surface area contributed by atoms with Gasteiger partial charge in [0.15, 0.2) is 5.58 Å². The van der Waals surface area contributed by atoms with Crippen molar-refractivity contribution in [3.63, 3.8) is 0 Å². The molecule has 0 atom stereocenters. The van der Waals surface area contributed by atoms with Crippen molar-refractivity contribution < 1.29 is 9.21 Å². The molecule has 0 fully saturated rings. The van der Waals surface area contributed by atoms with Crippen LogP contribution in [-0.4, -0.2) is 11.0 Å². The largest absolute Gasteiger partial charge is 0.436 e. The summed E-state index contributed by atoms with van der Waals surface area (Å²) in [5, 5.41) is 6.16. The second kappa shape index (κ2) is 6.90. The Morgan fingerprint density at radius 1 is 0.885 bits per heavy atom. The molecule has 26 heavy (non-hydrogen) atoms. The molecule has 0 aliphatic rings. The monoisotopic (exact) mass is 363 g/mol. The first-order valence-electron chi connectivity index (χ1n) is 7.97. The van der Waals surface area contributed by atoms with E-state index in [1.807, 2.05) is 42.5 Å². The zero-order chi connectivity index (χ0) is 17.9. The molecule has 0 saturated carbocycles. The van der Waals surface area contributed by atoms with Crippen LogP contribution in [0, 0.1) is 0 Å². The average Bonchev–Trinajstić information content (AvgIpc) is 3.08. The lowest BCUT2D eigenvalue weighted by Crippen LogP contribution is -2.19. The van der Waals surface area contributed by atoms with Crippen LogP contribution in [-0.2, 0) is 0 Å². The zero-order valence-electron chi connectivity index (χ0n) is 13.6. The van der Waals surface area contributed by atoms with Crippen LogP contribution >= 0.6 is 11.6 Å². The fraction of sp³-hybridized carbons (Fsp3) is 0. The van der Waals surface area contributed by atoms with Crippen molar-refractivity contribution in [2.75, 3.05) is 10.6 Å². The zero-order valence-corrected chi connectivity index (χ0v) is 14.3. The van der Waals surface area contributed by atoms with Gasteiger partial charge in [-0.3, -0.25) is 0 Å². The summed E-state index contributed by atoms with van der Waals surface area (Å²) in [4.78, 5) is 16.6. The molecule has 128 valence electrons. The fourth-order valence-corrected chi connectivity index (χ4v) is 2.68. The van der Waals surface area contributed by atoms with E-state index in [0.717, 1.165) is 16.7 Å². The minimum absolute atomic E-state index is 0.345. The Bertz CT molecular complexity index is 1040. The second-order valence-electron chi connectivity index (χ2n) is 5.65. The minimum Gasteiger partial charge on any atom is -0.436 e. The highest BCUT2D eigenvalue weighted by Crippen LogP contribution is 2.26. The number of urea groups is 1. The number of fused-ring (bicyclic) bond motifs is 1. The van der Waals surface area contributed by atoms with Crippen LogP contribution in [0.2, 0.25) is 5.02 Å². The van der Waals surface area contributed by atoms with E-state index in [4.69, 9.17) is 16.0 Å². The first-order chi connectivity index (χ1) is 12.7. The SMILES string of the molecule is O=C(Nc1ccc(Cl)cc1)Nc1cccc(-c2nc3ccccc3o2)c1. The van der Waals surface area contributed by atoms with Gasteiger partial charge in [-0.05, 0) is 54.6 Å². The summed E-state index contributed by atoms with van der Waals surface area (Å²) in [6.45, 7) is 0. The standard InChI is InChI=1S/C20H14ClN3O2/c21-14-8-10-15(11-9-14)22-20(25)23-16-5-3-4-13(12-16)19-24-17-6-1-2-7-18(17)26-19/h1-12H,(H2,22,23,25). The number of oxazole rings is 1. The molecule has 1 heterocycles. The highest BCUT2D eigenvalue weighted by molar-refractivity contribution is 6.30. The van der Waals surface area contributed by atoms with Crippen LogP contribution in [0.4, 0.5) is 16.2 Å². The molecular weight excluding hydrogens is 350 g/mol. The molecule has 2 amide bonds. The van der Waals surface area contributed by atoms with E-state index < -0.39 is 0 Å². The summed E-state index contributed by atoms with van der Waals surface area (Å²) >= 11 is 5.84. The summed E-state index contributed by atoms with van der Waals surface area (Å²) in [5.41, 5.74) is 3.59. The number of aromatic nitrogens is 1. The van der Waals surface area contributed by atoms with E-state index >= 15 is 0 Å². The number of amides is 2. The molecule has 0 aliphatic carbocycles. The Kier molecular flexibility index (Phi) is 4.29. The summed E-state index contributed by atoms with van der Waals surface area (Å²) in [6.07, 6.45) is 0. The van der Waals surface area contributed by atoms with Gasteiger partial charge in [-0.1, -0.05) is 29.8 Å². The first kappa shape index (κ1) is 16.2. The Labute approximate surface area is 154 Å². The molecule has 0 radical (unpaired) electrons. The Hall–Kier alpha value is -3.31. The predicted molar refractivity (Wildman–Crippen MR) is 104 cm³/mol. The van der Waals surface area contributed by atoms with Crippen molar-refractivity contribution in [2.24, 2.45) is 0 Å². The molecule has 0 bridgehead atoms. The molecule has 0 saturated heterocycles. The molecule has 0 aliphatic heterocycles. The molecule has 0 spiro atoms. The lowest BCUT2D eigenvalue weighted by Gasteiger charge is -2.08. The third kappa shape index (κ3) is 3.53. The summed E-state index contributed by atoms with van der Waals surface area (Å²) in [5.74, 6) is 0.507. The molecule has 2 N–H and O–H groups in total. The smallest absolute Gasteiger partial charge is 0.323 e. The van der Waals surface area contributed by atoms with Gasteiger partial charge < -0.3 is 15.1 Å². The highest BCUT2D eigenvalue weighted by atomic mass is 35.5. The van der Waals surface area contributed by atoms with Crippen LogP contribution in [0.3, 0.4) is 0 Å². The topological polar surface area (TPSA) is 67.2 Å². The van der Waals surface area contributed by atoms with Gasteiger partial charge in [-0.2, -0.15) is 0 Å². The third-order valence-corrected chi connectivity index (χ3v) is 4.02. The molecule has 1 aromatic heterocycles. The Balaban J connectivity index is 1.51. The van der Waals surface area contributed by atoms with E-state index in [9.17, 15) is 4.79 Å². The quantitative estimate of drug-likeness (QED) is 0.484. The molecule has 5 nitrogen and oxygen atoms in total. The average molecular weight is 364 g/mol. The summed E-state index contributed by atoms with van der Waals surface area (Å²) in [6, 6.07) is 21.4. The normalized spacial score (nSPS) is 10.7. The van der Waals surface area contributed by atoms with Gasteiger partial charge in [-0.25, -0.2) is 9.78 Å². The number of carbonyl (C=O) groups is 1. The van der Waals surface area contributed by atoms with E-state index in [1.165, 1.54) is 0 Å². The Morgan fingerprint density at radius 2 is 1.65 bits per heavy atom. The molecule has 3 aromatic carbocycles. The van der Waals surface area contributed by atoms with Crippen molar-refractivity contribution in [3.05, 3.63) is 77.8 Å². The van der Waals surface area contributed by atoms with Gasteiger partial charge in [0.2, 0.25) is 5.89 Å². The van der Waals surface area contributed by atoms with Gasteiger partial charge in [-0.15, -0.1) is 0 Å². The lowest BCUT2D eigenvalue weighted by atomic mass is 10.2. The fourth-order valence-electron chi connectivity index (χ4n) is 2.55. The number of hydrogen-bond acceptors (Lipinski definition) is 3. The van der Waals surface area contributed by atoms with Gasteiger partial charge in [0.05, 0.1) is 0 Å². The van der Waals surface area contributed by atoms with E-state index in [0.29, 0.717) is 22.3 Å². The maximum atomic E-state index is 12.2. The number of para-hydroxylation sites is 2. The Morgan fingerprint density at radius 3 is 2.46 bits per heavy atom. The number of halogens is 1. The number of hydrogen-bond donors (Lipinski definition) is 2. The lowest BCUT2D eigenvalue weighted by molar-refractivity contribution is 0.262.